The number of rotatable bonds is 0. The largest absolute Gasteiger partial charge is 0.0795 e. The third-order valence-electron chi connectivity index (χ3n) is 3.73. The minimum Gasteiger partial charge on any atom is -0.0795 e. The van der Waals surface area contributed by atoms with Crippen LogP contribution in [-0.2, 0) is 12.8 Å². The Balaban J connectivity index is 2.26. The van der Waals surface area contributed by atoms with Crippen molar-refractivity contribution in [2.45, 2.75) is 12.8 Å². The first kappa shape index (κ1) is 8.35. The van der Waals surface area contributed by atoms with Gasteiger partial charge < -0.3 is 0 Å². The molecule has 0 nitrogen and oxygen atoms in total. The average molecular weight is 204 g/mol. The zero-order chi connectivity index (χ0) is 10.5. The van der Waals surface area contributed by atoms with E-state index in [9.17, 15) is 0 Å². The lowest BCUT2D eigenvalue weighted by Gasteiger charge is -2.12. The lowest BCUT2D eigenvalue weighted by atomic mass is 9.92. The Morgan fingerprint density at radius 3 is 1.69 bits per heavy atom. The molecule has 0 saturated heterocycles. The summed E-state index contributed by atoms with van der Waals surface area (Å²) in [7, 11) is 0. The summed E-state index contributed by atoms with van der Waals surface area (Å²) >= 11 is 0. The van der Waals surface area contributed by atoms with E-state index in [4.69, 9.17) is 0 Å². The molecule has 2 aromatic rings. The molecule has 0 spiro atoms. The quantitative estimate of drug-likeness (QED) is 0.609. The average Bonchev–Trinajstić information content (AvgIpc) is 2.98. The molecule has 0 saturated carbocycles. The lowest BCUT2D eigenvalue weighted by molar-refractivity contribution is 1.30. The molecule has 76 valence electrons. The molecule has 0 radical (unpaired) electrons. The summed E-state index contributed by atoms with van der Waals surface area (Å²) in [6.07, 6.45) is 11.3. The Morgan fingerprint density at radius 1 is 0.688 bits per heavy atom. The van der Waals surface area contributed by atoms with Crippen LogP contribution in [-0.4, -0.2) is 0 Å². The predicted molar refractivity (Wildman–Crippen MR) is 69.4 cm³/mol. The normalized spacial score (nSPS) is 15.8. The molecule has 0 aliphatic heterocycles. The molecule has 2 aliphatic carbocycles. The predicted octanol–water partition coefficient (Wildman–Crippen LogP) is 3.98. The second kappa shape index (κ2) is 2.85. The van der Waals surface area contributed by atoms with Crippen molar-refractivity contribution in [3.63, 3.8) is 0 Å². The van der Waals surface area contributed by atoms with Crippen LogP contribution in [0.3, 0.4) is 0 Å². The highest BCUT2D eigenvalue weighted by atomic mass is 14.2. The van der Waals surface area contributed by atoms with Crippen LogP contribution in [0.1, 0.15) is 22.3 Å². The Bertz CT molecular complexity index is 599. The van der Waals surface area contributed by atoms with Gasteiger partial charge in [-0.05, 0) is 45.9 Å². The van der Waals surface area contributed by atoms with Gasteiger partial charge in [0.2, 0.25) is 0 Å². The van der Waals surface area contributed by atoms with Gasteiger partial charge in [-0.25, -0.2) is 0 Å². The summed E-state index contributed by atoms with van der Waals surface area (Å²) in [5, 5.41) is 2.90. The number of hydrogen-bond acceptors (Lipinski definition) is 0. The topological polar surface area (TPSA) is 0 Å². The molecule has 2 aliphatic rings. The smallest absolute Gasteiger partial charge is 0.00818 e. The van der Waals surface area contributed by atoms with Crippen LogP contribution in [0.25, 0.3) is 22.9 Å². The minimum absolute atomic E-state index is 1.09. The monoisotopic (exact) mass is 204 g/mol. The third-order valence-corrected chi connectivity index (χ3v) is 3.73. The molecule has 0 heterocycles. The number of hydrogen-bond donors (Lipinski definition) is 0. The van der Waals surface area contributed by atoms with Gasteiger partial charge in [0.05, 0.1) is 0 Å². The van der Waals surface area contributed by atoms with Crippen molar-refractivity contribution < 1.29 is 0 Å². The Hall–Kier alpha value is -1.82. The van der Waals surface area contributed by atoms with E-state index in [-0.39, 0.29) is 0 Å². The van der Waals surface area contributed by atoms with Gasteiger partial charge in [-0.15, -0.1) is 0 Å². The fraction of sp³-hybridized carbons (Fsp3) is 0.125. The lowest BCUT2D eigenvalue weighted by Crippen LogP contribution is -1.93. The highest BCUT2D eigenvalue weighted by Gasteiger charge is 2.19. The van der Waals surface area contributed by atoms with Gasteiger partial charge in [0.25, 0.3) is 0 Å². The number of fused-ring (bicyclic) bond motifs is 6. The molecule has 0 bridgehead atoms. The molecule has 0 fully saturated rings. The molecule has 0 heteroatoms. The molecule has 16 heavy (non-hydrogen) atoms. The zero-order valence-electron chi connectivity index (χ0n) is 9.03. The summed E-state index contributed by atoms with van der Waals surface area (Å²) in [6.45, 7) is 0. The van der Waals surface area contributed by atoms with Crippen LogP contribution in [0.4, 0.5) is 0 Å². The van der Waals surface area contributed by atoms with Crippen molar-refractivity contribution >= 4 is 22.9 Å². The maximum atomic E-state index is 2.29. The molecule has 0 amide bonds. The van der Waals surface area contributed by atoms with Gasteiger partial charge in [0.15, 0.2) is 0 Å². The Kier molecular flexibility index (Phi) is 1.49. The Labute approximate surface area is 94.9 Å². The number of benzene rings is 2. The van der Waals surface area contributed by atoms with Crippen LogP contribution in [0.5, 0.6) is 0 Å². The van der Waals surface area contributed by atoms with E-state index in [0.717, 1.165) is 12.8 Å². The van der Waals surface area contributed by atoms with Crippen molar-refractivity contribution in [3.05, 3.63) is 58.7 Å². The molecule has 0 unspecified atom stereocenters. The van der Waals surface area contributed by atoms with E-state index < -0.39 is 0 Å². The van der Waals surface area contributed by atoms with E-state index in [1.807, 2.05) is 0 Å². The molecule has 2 aromatic carbocycles. The van der Waals surface area contributed by atoms with Crippen LogP contribution in [0.2, 0.25) is 0 Å². The maximum absolute atomic E-state index is 2.29. The van der Waals surface area contributed by atoms with E-state index >= 15 is 0 Å². The van der Waals surface area contributed by atoms with Gasteiger partial charge in [0.1, 0.15) is 0 Å². The highest BCUT2D eigenvalue weighted by Crippen LogP contribution is 2.38. The third kappa shape index (κ3) is 0.898. The van der Waals surface area contributed by atoms with E-state index in [1.165, 1.54) is 33.0 Å². The van der Waals surface area contributed by atoms with Crippen LogP contribution in [0, 0.1) is 0 Å². The van der Waals surface area contributed by atoms with Crippen LogP contribution < -0.4 is 0 Å². The molecule has 0 N–H and O–H groups in total. The van der Waals surface area contributed by atoms with Gasteiger partial charge in [-0.2, -0.15) is 0 Å². The number of allylic oxidation sites excluding steroid dienone is 2. The summed E-state index contributed by atoms with van der Waals surface area (Å²) < 4.78 is 0. The van der Waals surface area contributed by atoms with Crippen molar-refractivity contribution in [2.75, 3.05) is 0 Å². The molecule has 0 atom stereocenters. The maximum Gasteiger partial charge on any atom is -0.00818 e. The van der Waals surface area contributed by atoms with Crippen molar-refractivity contribution in [3.8, 4) is 0 Å². The fourth-order valence-electron chi connectivity index (χ4n) is 3.03. The zero-order valence-corrected chi connectivity index (χ0v) is 9.03. The van der Waals surface area contributed by atoms with Crippen molar-refractivity contribution in [1.82, 2.24) is 0 Å². The van der Waals surface area contributed by atoms with Gasteiger partial charge in [0, 0.05) is 0 Å². The second-order valence-electron chi connectivity index (χ2n) is 4.54. The van der Waals surface area contributed by atoms with Crippen molar-refractivity contribution in [1.29, 1.82) is 0 Å². The highest BCUT2D eigenvalue weighted by molar-refractivity contribution is 5.98. The first-order chi connectivity index (χ1) is 7.95. The summed E-state index contributed by atoms with van der Waals surface area (Å²) in [4.78, 5) is 0. The van der Waals surface area contributed by atoms with E-state index in [2.05, 4.69) is 48.6 Å². The van der Waals surface area contributed by atoms with Crippen molar-refractivity contribution in [2.24, 2.45) is 0 Å². The van der Waals surface area contributed by atoms with Gasteiger partial charge in [-0.1, -0.05) is 48.6 Å². The molecular weight excluding hydrogens is 192 g/mol. The molecule has 0 aromatic heterocycles. The standard InChI is InChI=1S/C16H12/c1-2-6-12-11(5-1)13-7-3-9-15(13)16-10-4-8-14(12)16/h1-6,9-10H,7-8H2. The van der Waals surface area contributed by atoms with Crippen LogP contribution >= 0.6 is 0 Å². The molecule has 4 rings (SSSR count). The summed E-state index contributed by atoms with van der Waals surface area (Å²) in [6, 6.07) is 8.82. The van der Waals surface area contributed by atoms with Gasteiger partial charge in [-0.3, -0.25) is 0 Å². The minimum atomic E-state index is 1.09. The van der Waals surface area contributed by atoms with E-state index in [0.29, 0.717) is 0 Å². The summed E-state index contributed by atoms with van der Waals surface area (Å²) in [5.74, 6) is 0. The van der Waals surface area contributed by atoms with E-state index in [1.54, 1.807) is 0 Å². The summed E-state index contributed by atoms with van der Waals surface area (Å²) in [5.41, 5.74) is 5.95. The van der Waals surface area contributed by atoms with Gasteiger partial charge >= 0.3 is 0 Å². The first-order valence-electron chi connectivity index (χ1n) is 5.84. The SMILES string of the molecule is C1=Cc2c3c(c4ccccc4c2C1)CC=C3. The first-order valence-corrected chi connectivity index (χ1v) is 5.84. The Morgan fingerprint density at radius 2 is 1.19 bits per heavy atom. The fourth-order valence-corrected chi connectivity index (χ4v) is 3.03. The molecular formula is C16H12. The van der Waals surface area contributed by atoms with Crippen LogP contribution in [0.15, 0.2) is 36.4 Å². The second-order valence-corrected chi connectivity index (χ2v) is 4.54.